The lowest BCUT2D eigenvalue weighted by molar-refractivity contribution is 0.0765. The maximum Gasteiger partial charge on any atom is 0.0518 e. The third-order valence-electron chi connectivity index (χ3n) is 2.66. The van der Waals surface area contributed by atoms with Gasteiger partial charge in [-0.1, -0.05) is 0 Å². The second-order valence-corrected chi connectivity index (χ2v) is 4.47. The standard InChI is InChI=1S/C12H25NO2/c1-11(2)15-9-4-7-13-12-5-3-8-14-10-6-12/h11-13H,3-10H2,1-2H3. The van der Waals surface area contributed by atoms with Crippen LogP contribution in [0, 0.1) is 0 Å². The van der Waals surface area contributed by atoms with Crippen LogP contribution in [0.2, 0.25) is 0 Å². The van der Waals surface area contributed by atoms with Crippen LogP contribution < -0.4 is 5.32 Å². The Bertz CT molecular complexity index is 143. The van der Waals surface area contributed by atoms with Gasteiger partial charge in [-0.05, 0) is 46.1 Å². The monoisotopic (exact) mass is 215 g/mol. The molecule has 1 heterocycles. The SMILES string of the molecule is CC(C)OCCCNC1CCCOCC1. The number of hydrogen-bond donors (Lipinski definition) is 1. The van der Waals surface area contributed by atoms with Crippen molar-refractivity contribution in [2.24, 2.45) is 0 Å². The van der Waals surface area contributed by atoms with E-state index in [2.05, 4.69) is 19.2 Å². The minimum Gasteiger partial charge on any atom is -0.381 e. The summed E-state index contributed by atoms with van der Waals surface area (Å²) in [4.78, 5) is 0. The average Bonchev–Trinajstić information content (AvgIpc) is 2.45. The molecule has 1 unspecified atom stereocenters. The third kappa shape index (κ3) is 6.88. The highest BCUT2D eigenvalue weighted by atomic mass is 16.5. The van der Waals surface area contributed by atoms with Crippen LogP contribution in [0.5, 0.6) is 0 Å². The van der Waals surface area contributed by atoms with Gasteiger partial charge in [0, 0.05) is 25.9 Å². The van der Waals surface area contributed by atoms with Gasteiger partial charge in [-0.2, -0.15) is 0 Å². The molecule has 1 aliphatic rings. The summed E-state index contributed by atoms with van der Waals surface area (Å²) >= 11 is 0. The molecule has 0 radical (unpaired) electrons. The Morgan fingerprint density at radius 2 is 2.20 bits per heavy atom. The Balaban J connectivity index is 1.94. The fraction of sp³-hybridized carbons (Fsp3) is 1.00. The molecule has 0 aliphatic carbocycles. The summed E-state index contributed by atoms with van der Waals surface area (Å²) in [5.41, 5.74) is 0. The first-order chi connectivity index (χ1) is 7.29. The van der Waals surface area contributed by atoms with Crippen LogP contribution in [-0.2, 0) is 9.47 Å². The second kappa shape index (κ2) is 8.08. The van der Waals surface area contributed by atoms with Crippen molar-refractivity contribution in [1.82, 2.24) is 5.32 Å². The lowest BCUT2D eigenvalue weighted by Crippen LogP contribution is -2.30. The van der Waals surface area contributed by atoms with E-state index in [0.717, 1.165) is 39.2 Å². The summed E-state index contributed by atoms with van der Waals surface area (Å²) in [6, 6.07) is 0.659. The van der Waals surface area contributed by atoms with Gasteiger partial charge in [-0.3, -0.25) is 0 Å². The Morgan fingerprint density at radius 1 is 1.33 bits per heavy atom. The molecule has 3 heteroatoms. The molecule has 1 fully saturated rings. The highest BCUT2D eigenvalue weighted by molar-refractivity contribution is 4.68. The van der Waals surface area contributed by atoms with Crippen molar-refractivity contribution in [2.45, 2.75) is 51.7 Å². The first kappa shape index (κ1) is 12.9. The zero-order chi connectivity index (χ0) is 10.9. The van der Waals surface area contributed by atoms with Gasteiger partial charge in [0.25, 0.3) is 0 Å². The molecule has 0 aromatic carbocycles. The maximum atomic E-state index is 5.49. The van der Waals surface area contributed by atoms with Crippen molar-refractivity contribution in [2.75, 3.05) is 26.4 Å². The second-order valence-electron chi connectivity index (χ2n) is 4.47. The molecule has 0 aromatic rings. The summed E-state index contributed by atoms with van der Waals surface area (Å²) < 4.78 is 10.9. The summed E-state index contributed by atoms with van der Waals surface area (Å²) in [5, 5.41) is 3.58. The van der Waals surface area contributed by atoms with Gasteiger partial charge in [0.05, 0.1) is 6.10 Å². The number of rotatable bonds is 6. The summed E-state index contributed by atoms with van der Waals surface area (Å²) in [7, 11) is 0. The number of ether oxygens (including phenoxy) is 2. The minimum absolute atomic E-state index is 0.358. The molecular formula is C12H25NO2. The van der Waals surface area contributed by atoms with Crippen molar-refractivity contribution in [1.29, 1.82) is 0 Å². The van der Waals surface area contributed by atoms with Crippen molar-refractivity contribution >= 4 is 0 Å². The lowest BCUT2D eigenvalue weighted by Gasteiger charge is -2.15. The highest BCUT2D eigenvalue weighted by Crippen LogP contribution is 2.07. The molecule has 15 heavy (non-hydrogen) atoms. The van der Waals surface area contributed by atoms with Crippen molar-refractivity contribution in [3.63, 3.8) is 0 Å². The molecule has 90 valence electrons. The van der Waals surface area contributed by atoms with Crippen molar-refractivity contribution in [3.05, 3.63) is 0 Å². The summed E-state index contributed by atoms with van der Waals surface area (Å²) in [5.74, 6) is 0. The summed E-state index contributed by atoms with van der Waals surface area (Å²) in [6.07, 6.45) is 5.07. The Labute approximate surface area is 93.5 Å². The van der Waals surface area contributed by atoms with Gasteiger partial charge in [0.15, 0.2) is 0 Å². The Morgan fingerprint density at radius 3 is 3.00 bits per heavy atom. The Kier molecular flexibility index (Phi) is 6.98. The Hall–Kier alpha value is -0.120. The van der Waals surface area contributed by atoms with Gasteiger partial charge < -0.3 is 14.8 Å². The van der Waals surface area contributed by atoms with E-state index in [1.807, 2.05) is 0 Å². The molecule has 0 spiro atoms. The molecule has 1 aliphatic heterocycles. The zero-order valence-corrected chi connectivity index (χ0v) is 10.1. The molecule has 1 saturated heterocycles. The van der Waals surface area contributed by atoms with Crippen LogP contribution in [-0.4, -0.2) is 38.5 Å². The fourth-order valence-corrected chi connectivity index (χ4v) is 1.81. The van der Waals surface area contributed by atoms with Crippen LogP contribution in [0.25, 0.3) is 0 Å². The van der Waals surface area contributed by atoms with E-state index in [1.165, 1.54) is 12.8 Å². The van der Waals surface area contributed by atoms with E-state index >= 15 is 0 Å². The van der Waals surface area contributed by atoms with E-state index < -0.39 is 0 Å². The highest BCUT2D eigenvalue weighted by Gasteiger charge is 2.10. The van der Waals surface area contributed by atoms with Gasteiger partial charge in [0.1, 0.15) is 0 Å². The van der Waals surface area contributed by atoms with E-state index in [4.69, 9.17) is 9.47 Å². The maximum absolute atomic E-state index is 5.49. The van der Waals surface area contributed by atoms with Crippen molar-refractivity contribution < 1.29 is 9.47 Å². The molecule has 0 aromatic heterocycles. The first-order valence-electron chi connectivity index (χ1n) is 6.22. The number of nitrogens with one attached hydrogen (secondary N) is 1. The smallest absolute Gasteiger partial charge is 0.0518 e. The van der Waals surface area contributed by atoms with E-state index in [1.54, 1.807) is 0 Å². The zero-order valence-electron chi connectivity index (χ0n) is 10.1. The van der Waals surface area contributed by atoms with Crippen LogP contribution in [0.4, 0.5) is 0 Å². The minimum atomic E-state index is 0.358. The molecule has 1 N–H and O–H groups in total. The predicted octanol–water partition coefficient (Wildman–Crippen LogP) is 1.96. The molecule has 1 rings (SSSR count). The average molecular weight is 215 g/mol. The summed E-state index contributed by atoms with van der Waals surface area (Å²) in [6.45, 7) is 7.95. The lowest BCUT2D eigenvalue weighted by atomic mass is 10.1. The molecule has 0 saturated carbocycles. The topological polar surface area (TPSA) is 30.5 Å². The predicted molar refractivity (Wildman–Crippen MR) is 62.2 cm³/mol. The van der Waals surface area contributed by atoms with Gasteiger partial charge >= 0.3 is 0 Å². The van der Waals surface area contributed by atoms with E-state index in [0.29, 0.717) is 12.1 Å². The quantitative estimate of drug-likeness (QED) is 0.687. The van der Waals surface area contributed by atoms with Gasteiger partial charge in [0.2, 0.25) is 0 Å². The van der Waals surface area contributed by atoms with Crippen molar-refractivity contribution in [3.8, 4) is 0 Å². The molecular weight excluding hydrogens is 190 g/mol. The van der Waals surface area contributed by atoms with Crippen LogP contribution >= 0.6 is 0 Å². The first-order valence-corrected chi connectivity index (χ1v) is 6.22. The van der Waals surface area contributed by atoms with Crippen LogP contribution in [0.3, 0.4) is 0 Å². The van der Waals surface area contributed by atoms with E-state index in [9.17, 15) is 0 Å². The fourth-order valence-electron chi connectivity index (χ4n) is 1.81. The molecule has 0 amide bonds. The molecule has 0 bridgehead atoms. The normalized spacial score (nSPS) is 23.0. The number of hydrogen-bond acceptors (Lipinski definition) is 3. The van der Waals surface area contributed by atoms with Gasteiger partial charge in [-0.15, -0.1) is 0 Å². The van der Waals surface area contributed by atoms with Gasteiger partial charge in [-0.25, -0.2) is 0 Å². The third-order valence-corrected chi connectivity index (χ3v) is 2.66. The van der Waals surface area contributed by atoms with Crippen LogP contribution in [0.15, 0.2) is 0 Å². The molecule has 3 nitrogen and oxygen atoms in total. The van der Waals surface area contributed by atoms with E-state index in [-0.39, 0.29) is 0 Å². The van der Waals surface area contributed by atoms with Crippen LogP contribution in [0.1, 0.15) is 39.5 Å². The molecule has 1 atom stereocenters. The largest absolute Gasteiger partial charge is 0.381 e.